The Morgan fingerprint density at radius 1 is 1.50 bits per heavy atom. The third kappa shape index (κ3) is 1.57. The number of hydrogen-bond donors (Lipinski definition) is 2. The average Bonchev–Trinajstić information content (AvgIpc) is 2.54. The van der Waals surface area contributed by atoms with Crippen molar-refractivity contribution >= 4 is 5.90 Å². The summed E-state index contributed by atoms with van der Waals surface area (Å²) in [6.45, 7) is 5.98. The highest BCUT2D eigenvalue weighted by Crippen LogP contribution is 2.05. The van der Waals surface area contributed by atoms with E-state index in [1.54, 1.807) is 0 Å². The van der Waals surface area contributed by atoms with Crippen molar-refractivity contribution in [1.29, 1.82) is 0 Å². The zero-order chi connectivity index (χ0) is 8.39. The van der Waals surface area contributed by atoms with Gasteiger partial charge in [0.15, 0.2) is 6.29 Å². The van der Waals surface area contributed by atoms with Crippen LogP contribution in [0.15, 0.2) is 4.99 Å². The molecule has 0 aromatic carbocycles. The maximum atomic E-state index is 5.06. The molecule has 0 aromatic rings. The highest BCUT2D eigenvalue weighted by atomic mass is 16.7. The second-order valence-electron chi connectivity index (χ2n) is 3.03. The molecule has 0 bridgehead atoms. The summed E-state index contributed by atoms with van der Waals surface area (Å²) in [5.41, 5.74) is 2.87. The van der Waals surface area contributed by atoms with Crippen molar-refractivity contribution in [3.63, 3.8) is 0 Å². The van der Waals surface area contributed by atoms with Crippen LogP contribution in [0.2, 0.25) is 0 Å². The predicted octanol–water partition coefficient (Wildman–Crippen LogP) is -0.872. The highest BCUT2D eigenvalue weighted by molar-refractivity contribution is 5.74. The van der Waals surface area contributed by atoms with Crippen molar-refractivity contribution in [2.24, 2.45) is 4.99 Å². The van der Waals surface area contributed by atoms with Gasteiger partial charge in [0.05, 0.1) is 0 Å². The molecular weight excluding hydrogens is 156 g/mol. The lowest BCUT2D eigenvalue weighted by molar-refractivity contribution is 0.0685. The van der Waals surface area contributed by atoms with Crippen LogP contribution in [0.3, 0.4) is 0 Å². The zero-order valence-electron chi connectivity index (χ0n) is 7.21. The van der Waals surface area contributed by atoms with E-state index in [-0.39, 0.29) is 6.29 Å². The van der Waals surface area contributed by atoms with E-state index < -0.39 is 0 Å². The quantitative estimate of drug-likeness (QED) is 0.537. The van der Waals surface area contributed by atoms with Crippen molar-refractivity contribution < 1.29 is 4.84 Å². The van der Waals surface area contributed by atoms with E-state index in [4.69, 9.17) is 4.84 Å². The minimum atomic E-state index is 0.0344. The first-order valence-corrected chi connectivity index (χ1v) is 4.28. The number of hydroxylamine groups is 1. The molecule has 0 aromatic heterocycles. The van der Waals surface area contributed by atoms with Crippen LogP contribution in [-0.2, 0) is 4.84 Å². The third-order valence-electron chi connectivity index (χ3n) is 2.11. The molecule has 5 nitrogen and oxygen atoms in total. The van der Waals surface area contributed by atoms with Gasteiger partial charge in [0.25, 0.3) is 0 Å². The molecule has 1 atom stereocenters. The molecular formula is C7H14N4O. The molecule has 0 aliphatic carbocycles. The van der Waals surface area contributed by atoms with Gasteiger partial charge in [0.2, 0.25) is 5.90 Å². The summed E-state index contributed by atoms with van der Waals surface area (Å²) in [6.07, 6.45) is 0.0344. The van der Waals surface area contributed by atoms with Crippen LogP contribution in [0, 0.1) is 0 Å². The van der Waals surface area contributed by atoms with Crippen LogP contribution in [0.5, 0.6) is 0 Å². The molecule has 2 N–H and O–H groups in total. The molecule has 2 heterocycles. The average molecular weight is 170 g/mol. The summed E-state index contributed by atoms with van der Waals surface area (Å²) < 4.78 is 0. The Labute approximate surface area is 71.7 Å². The van der Waals surface area contributed by atoms with E-state index >= 15 is 0 Å². The minimum Gasteiger partial charge on any atom is -0.390 e. The molecule has 1 fully saturated rings. The Morgan fingerprint density at radius 2 is 2.25 bits per heavy atom. The van der Waals surface area contributed by atoms with Gasteiger partial charge in [0.1, 0.15) is 0 Å². The fraction of sp³-hybridized carbons (Fsp3) is 0.857. The maximum Gasteiger partial charge on any atom is 0.209 e. The second-order valence-corrected chi connectivity index (χ2v) is 3.03. The van der Waals surface area contributed by atoms with Crippen LogP contribution >= 0.6 is 0 Å². The van der Waals surface area contributed by atoms with Gasteiger partial charge < -0.3 is 10.2 Å². The standard InChI is InChI=1S/C7H14N4O/c1-6-9-7(10-12-6)11-4-2-8-3-5-11/h7-8,10H,2-5H2,1H3. The lowest BCUT2D eigenvalue weighted by atomic mass is 10.4. The Bertz CT molecular complexity index is 188. The molecule has 5 heteroatoms. The fourth-order valence-corrected chi connectivity index (χ4v) is 1.45. The van der Waals surface area contributed by atoms with Gasteiger partial charge in [-0.05, 0) is 0 Å². The number of nitrogens with one attached hydrogen (secondary N) is 2. The first-order chi connectivity index (χ1) is 5.86. The zero-order valence-corrected chi connectivity index (χ0v) is 7.21. The van der Waals surface area contributed by atoms with E-state index in [0.717, 1.165) is 32.1 Å². The lowest BCUT2D eigenvalue weighted by Crippen LogP contribution is -2.51. The summed E-state index contributed by atoms with van der Waals surface area (Å²) in [4.78, 5) is 11.6. The first kappa shape index (κ1) is 7.97. The minimum absolute atomic E-state index is 0.0344. The molecule has 2 aliphatic rings. The van der Waals surface area contributed by atoms with Gasteiger partial charge in [-0.2, -0.15) is 0 Å². The topological polar surface area (TPSA) is 48.9 Å². The molecule has 0 radical (unpaired) electrons. The maximum absolute atomic E-state index is 5.06. The number of piperazine rings is 1. The van der Waals surface area contributed by atoms with Crippen molar-refractivity contribution in [3.8, 4) is 0 Å². The van der Waals surface area contributed by atoms with Crippen molar-refractivity contribution in [2.45, 2.75) is 13.2 Å². The van der Waals surface area contributed by atoms with Gasteiger partial charge in [0, 0.05) is 33.1 Å². The Morgan fingerprint density at radius 3 is 2.83 bits per heavy atom. The van der Waals surface area contributed by atoms with Crippen LogP contribution in [0.4, 0.5) is 0 Å². The van der Waals surface area contributed by atoms with E-state index in [9.17, 15) is 0 Å². The van der Waals surface area contributed by atoms with Crippen LogP contribution in [-0.4, -0.2) is 43.3 Å². The van der Waals surface area contributed by atoms with Crippen molar-refractivity contribution in [3.05, 3.63) is 0 Å². The first-order valence-electron chi connectivity index (χ1n) is 4.28. The Kier molecular flexibility index (Phi) is 2.25. The van der Waals surface area contributed by atoms with Gasteiger partial charge in [-0.15, -0.1) is 5.48 Å². The summed E-state index contributed by atoms with van der Waals surface area (Å²) >= 11 is 0. The summed E-state index contributed by atoms with van der Waals surface area (Å²) in [7, 11) is 0. The van der Waals surface area contributed by atoms with Gasteiger partial charge in [-0.1, -0.05) is 0 Å². The number of aliphatic imine (C=N–C) groups is 1. The van der Waals surface area contributed by atoms with Crippen LogP contribution in [0.25, 0.3) is 0 Å². The summed E-state index contributed by atoms with van der Waals surface area (Å²) in [6, 6.07) is 0. The smallest absolute Gasteiger partial charge is 0.209 e. The van der Waals surface area contributed by atoms with Gasteiger partial charge in [-0.3, -0.25) is 4.90 Å². The molecule has 2 aliphatic heterocycles. The molecule has 0 amide bonds. The van der Waals surface area contributed by atoms with E-state index in [0.29, 0.717) is 0 Å². The molecule has 1 saturated heterocycles. The molecule has 1 unspecified atom stereocenters. The van der Waals surface area contributed by atoms with Crippen LogP contribution in [0.1, 0.15) is 6.92 Å². The van der Waals surface area contributed by atoms with Crippen molar-refractivity contribution in [2.75, 3.05) is 26.2 Å². The highest BCUT2D eigenvalue weighted by Gasteiger charge is 2.23. The Balaban J connectivity index is 1.91. The number of nitrogens with zero attached hydrogens (tertiary/aromatic N) is 2. The predicted molar refractivity (Wildman–Crippen MR) is 45.6 cm³/mol. The second kappa shape index (κ2) is 3.38. The summed E-state index contributed by atoms with van der Waals surface area (Å²) in [5, 5.41) is 3.29. The molecule has 12 heavy (non-hydrogen) atoms. The van der Waals surface area contributed by atoms with E-state index in [1.165, 1.54) is 0 Å². The van der Waals surface area contributed by atoms with Crippen molar-refractivity contribution in [1.82, 2.24) is 15.7 Å². The van der Waals surface area contributed by atoms with E-state index in [1.807, 2.05) is 6.92 Å². The SMILES string of the molecule is CC1=NC(N2CCNCC2)NO1. The Hall–Kier alpha value is -0.650. The fourth-order valence-electron chi connectivity index (χ4n) is 1.45. The third-order valence-corrected chi connectivity index (χ3v) is 2.11. The number of rotatable bonds is 1. The van der Waals surface area contributed by atoms with Crippen LogP contribution < -0.4 is 10.8 Å². The molecule has 0 saturated carbocycles. The molecule has 68 valence electrons. The lowest BCUT2D eigenvalue weighted by Gasteiger charge is -2.29. The largest absolute Gasteiger partial charge is 0.390 e. The monoisotopic (exact) mass is 170 g/mol. The molecule has 0 spiro atoms. The van der Waals surface area contributed by atoms with Gasteiger partial charge in [-0.25, -0.2) is 4.99 Å². The van der Waals surface area contributed by atoms with Gasteiger partial charge >= 0.3 is 0 Å². The van der Waals surface area contributed by atoms with E-state index in [2.05, 4.69) is 20.7 Å². The summed E-state index contributed by atoms with van der Waals surface area (Å²) in [5.74, 6) is 0.721. The molecule has 2 rings (SSSR count). The number of hydrogen-bond acceptors (Lipinski definition) is 5. The normalized spacial score (nSPS) is 31.4.